The van der Waals surface area contributed by atoms with Gasteiger partial charge in [0.15, 0.2) is 0 Å². The van der Waals surface area contributed by atoms with Crippen molar-refractivity contribution in [2.24, 2.45) is 11.8 Å². The molecule has 0 saturated carbocycles. The summed E-state index contributed by atoms with van der Waals surface area (Å²) < 4.78 is 0. The Bertz CT molecular complexity index is 691. The smallest absolute Gasteiger partial charge is 0.353 e. The maximum atomic E-state index is 12.3. The van der Waals surface area contributed by atoms with Crippen LogP contribution in [0.25, 0.3) is 0 Å². The van der Waals surface area contributed by atoms with Crippen LogP contribution in [0.4, 0.5) is 0 Å². The van der Waals surface area contributed by atoms with Crippen LogP contribution in [0.5, 0.6) is 0 Å². The SMILES string of the molecule is C[C@@H](O)[C@H]1C(=O)N2C(C(=O)O)=C(SC3CN(C(=N)CCNCCO)C3)[C@H](C)[C@H]12. The van der Waals surface area contributed by atoms with Gasteiger partial charge in [-0.25, -0.2) is 4.79 Å². The highest BCUT2D eigenvalue weighted by molar-refractivity contribution is 8.03. The summed E-state index contributed by atoms with van der Waals surface area (Å²) in [5, 5.41) is 39.6. The molecule has 2 saturated heterocycles. The molecule has 156 valence electrons. The fourth-order valence-electron chi connectivity index (χ4n) is 4.16. The minimum Gasteiger partial charge on any atom is -0.477 e. The zero-order valence-electron chi connectivity index (χ0n) is 16.1. The Hall–Kier alpha value is -1.62. The number of thioether (sulfide) groups is 1. The molecule has 0 radical (unpaired) electrons. The number of carboxylic acid groups (broad SMARTS) is 1. The number of nitrogens with one attached hydrogen (secondary N) is 2. The van der Waals surface area contributed by atoms with Gasteiger partial charge in [0.2, 0.25) is 5.91 Å². The maximum absolute atomic E-state index is 12.3. The van der Waals surface area contributed by atoms with Crippen LogP contribution in [0.3, 0.4) is 0 Å². The first kappa shape index (κ1) is 21.1. The Morgan fingerprint density at radius 3 is 2.64 bits per heavy atom. The molecule has 3 aliphatic heterocycles. The topological polar surface area (TPSA) is 137 Å². The second kappa shape index (κ2) is 8.40. The monoisotopic (exact) mass is 412 g/mol. The van der Waals surface area contributed by atoms with Crippen molar-refractivity contribution in [3.8, 4) is 0 Å². The number of nitrogens with zero attached hydrogens (tertiary/aromatic N) is 2. The highest BCUT2D eigenvalue weighted by Gasteiger charge is 2.60. The molecular formula is C18H28N4O5S. The van der Waals surface area contributed by atoms with E-state index in [1.807, 2.05) is 11.8 Å². The second-order valence-corrected chi connectivity index (χ2v) is 8.93. The summed E-state index contributed by atoms with van der Waals surface area (Å²) in [6, 6.07) is -0.284. The third kappa shape index (κ3) is 3.66. The maximum Gasteiger partial charge on any atom is 0.353 e. The third-order valence-corrected chi connectivity index (χ3v) is 7.11. The summed E-state index contributed by atoms with van der Waals surface area (Å²) >= 11 is 1.49. The molecule has 3 rings (SSSR count). The number of β-lactam (4-membered cyclic amide) rings is 1. The van der Waals surface area contributed by atoms with Gasteiger partial charge in [-0.05, 0) is 6.92 Å². The highest BCUT2D eigenvalue weighted by Crippen LogP contribution is 2.51. The second-order valence-electron chi connectivity index (χ2n) is 7.59. The standard InChI is InChI=1S/C18H28N4O5S/c1-9-14-13(10(2)24)17(25)22(14)15(18(26)27)16(9)28-11-7-21(8-11)12(19)3-4-20-5-6-23/h9-11,13-14,19-20,23-24H,3-8H2,1-2H3,(H,26,27)/t9-,10-,13-,14-/m1/s1. The molecule has 0 bridgehead atoms. The lowest BCUT2D eigenvalue weighted by atomic mass is 9.79. The van der Waals surface area contributed by atoms with Crippen LogP contribution in [0.1, 0.15) is 20.3 Å². The summed E-state index contributed by atoms with van der Waals surface area (Å²) in [4.78, 5) is 28.2. The normalized spacial score (nSPS) is 28.1. The van der Waals surface area contributed by atoms with Gasteiger partial charge < -0.3 is 30.4 Å². The van der Waals surface area contributed by atoms with Crippen LogP contribution in [-0.2, 0) is 9.59 Å². The van der Waals surface area contributed by atoms with Gasteiger partial charge in [-0.3, -0.25) is 10.2 Å². The largest absolute Gasteiger partial charge is 0.477 e. The van der Waals surface area contributed by atoms with Crippen LogP contribution >= 0.6 is 11.8 Å². The fraction of sp³-hybridized carbons (Fsp3) is 0.722. The van der Waals surface area contributed by atoms with Gasteiger partial charge in [0.1, 0.15) is 5.70 Å². The first-order valence-electron chi connectivity index (χ1n) is 9.57. The summed E-state index contributed by atoms with van der Waals surface area (Å²) in [7, 11) is 0. The predicted octanol–water partition coefficient (Wildman–Crippen LogP) is -0.493. The van der Waals surface area contributed by atoms with Gasteiger partial charge in [0.05, 0.1) is 30.5 Å². The van der Waals surface area contributed by atoms with Crippen molar-refractivity contribution in [1.29, 1.82) is 5.41 Å². The highest BCUT2D eigenvalue weighted by atomic mass is 32.2. The molecule has 3 aliphatic rings. The molecule has 4 atom stereocenters. The number of carbonyl (C=O) groups is 2. The van der Waals surface area contributed by atoms with E-state index in [0.29, 0.717) is 43.3 Å². The number of carbonyl (C=O) groups excluding carboxylic acids is 1. The van der Waals surface area contributed by atoms with Gasteiger partial charge in [-0.15, -0.1) is 11.8 Å². The van der Waals surface area contributed by atoms with Crippen molar-refractivity contribution in [2.75, 3.05) is 32.8 Å². The first-order valence-corrected chi connectivity index (χ1v) is 10.4. The van der Waals surface area contributed by atoms with E-state index in [1.54, 1.807) is 6.92 Å². The third-order valence-electron chi connectivity index (χ3n) is 5.66. The molecule has 3 heterocycles. The fourth-order valence-corrected chi connectivity index (χ4v) is 5.68. The van der Waals surface area contributed by atoms with Crippen LogP contribution < -0.4 is 5.32 Å². The Kier molecular flexibility index (Phi) is 6.33. The lowest BCUT2D eigenvalue weighted by molar-refractivity contribution is -0.163. The molecule has 0 spiro atoms. The minimum atomic E-state index is -1.10. The van der Waals surface area contributed by atoms with Crippen molar-refractivity contribution in [1.82, 2.24) is 15.1 Å². The van der Waals surface area contributed by atoms with Gasteiger partial charge in [0.25, 0.3) is 0 Å². The van der Waals surface area contributed by atoms with Crippen molar-refractivity contribution in [2.45, 2.75) is 37.7 Å². The molecule has 0 aliphatic carbocycles. The molecule has 10 heteroatoms. The number of aliphatic hydroxyl groups is 2. The number of aliphatic carboxylic acids is 1. The number of amides is 1. The van der Waals surface area contributed by atoms with E-state index in [1.165, 1.54) is 16.7 Å². The van der Waals surface area contributed by atoms with E-state index in [0.717, 1.165) is 0 Å². The van der Waals surface area contributed by atoms with Crippen LogP contribution in [0.2, 0.25) is 0 Å². The van der Waals surface area contributed by atoms with Gasteiger partial charge in [0, 0.05) is 48.7 Å². The zero-order valence-corrected chi connectivity index (χ0v) is 16.9. The van der Waals surface area contributed by atoms with E-state index in [4.69, 9.17) is 10.5 Å². The Morgan fingerprint density at radius 2 is 2.07 bits per heavy atom. The number of aliphatic hydroxyl groups excluding tert-OH is 2. The molecule has 1 amide bonds. The van der Waals surface area contributed by atoms with E-state index in [9.17, 15) is 19.8 Å². The van der Waals surface area contributed by atoms with E-state index in [-0.39, 0.29) is 35.4 Å². The Labute approximate surface area is 168 Å². The van der Waals surface area contributed by atoms with E-state index < -0.39 is 18.0 Å². The lowest BCUT2D eigenvalue weighted by Gasteiger charge is -2.46. The van der Waals surface area contributed by atoms with Crippen LogP contribution in [0, 0.1) is 17.2 Å². The van der Waals surface area contributed by atoms with Crippen molar-refractivity contribution >= 4 is 29.5 Å². The number of hydrogen-bond donors (Lipinski definition) is 5. The van der Waals surface area contributed by atoms with Crippen molar-refractivity contribution in [3.63, 3.8) is 0 Å². The summed E-state index contributed by atoms with van der Waals surface area (Å²) in [6.45, 7) is 6.06. The molecule has 28 heavy (non-hydrogen) atoms. The van der Waals surface area contributed by atoms with Crippen LogP contribution in [-0.4, -0.2) is 93.0 Å². The molecule has 5 N–H and O–H groups in total. The zero-order chi connectivity index (χ0) is 20.6. The molecule has 2 fully saturated rings. The Morgan fingerprint density at radius 1 is 1.39 bits per heavy atom. The van der Waals surface area contributed by atoms with Gasteiger partial charge >= 0.3 is 5.97 Å². The quantitative estimate of drug-likeness (QED) is 0.148. The molecular weight excluding hydrogens is 384 g/mol. The Balaban J connectivity index is 1.58. The number of hydrogen-bond acceptors (Lipinski definition) is 7. The number of fused-ring (bicyclic) bond motifs is 1. The average Bonchev–Trinajstić information content (AvgIpc) is 2.83. The molecule has 0 aromatic heterocycles. The summed E-state index contributed by atoms with van der Waals surface area (Å²) in [5.41, 5.74) is 0.0612. The number of amidine groups is 1. The molecule has 0 aromatic rings. The molecule has 0 unspecified atom stereocenters. The van der Waals surface area contributed by atoms with Crippen LogP contribution in [0.15, 0.2) is 10.6 Å². The molecule has 9 nitrogen and oxygen atoms in total. The van der Waals surface area contributed by atoms with E-state index >= 15 is 0 Å². The van der Waals surface area contributed by atoms with Gasteiger partial charge in [-0.1, -0.05) is 6.92 Å². The molecule has 0 aromatic carbocycles. The van der Waals surface area contributed by atoms with E-state index in [2.05, 4.69) is 5.32 Å². The number of likely N-dealkylation sites (tertiary alicyclic amines) is 1. The average molecular weight is 413 g/mol. The minimum absolute atomic E-state index is 0.0612. The summed E-state index contributed by atoms with van der Waals surface area (Å²) in [6.07, 6.45) is -0.216. The lowest BCUT2D eigenvalue weighted by Crippen LogP contribution is -2.63. The number of carboxylic acids is 1. The van der Waals surface area contributed by atoms with Crippen molar-refractivity contribution in [3.05, 3.63) is 10.6 Å². The predicted molar refractivity (Wildman–Crippen MR) is 105 cm³/mol. The number of rotatable bonds is 9. The van der Waals surface area contributed by atoms with Crippen molar-refractivity contribution < 1.29 is 24.9 Å². The van der Waals surface area contributed by atoms with Gasteiger partial charge in [-0.2, -0.15) is 0 Å². The summed E-state index contributed by atoms with van der Waals surface area (Å²) in [5.74, 6) is -1.55. The first-order chi connectivity index (χ1) is 13.3.